The van der Waals surface area contributed by atoms with Crippen LogP contribution in [0.1, 0.15) is 5.56 Å². The molecule has 19 heavy (non-hydrogen) atoms. The number of carbonyl (C=O) groups excluding carboxylic acids is 1. The highest BCUT2D eigenvalue weighted by molar-refractivity contribution is 7.96. The van der Waals surface area contributed by atoms with Crippen molar-refractivity contribution in [3.63, 3.8) is 0 Å². The maximum absolute atomic E-state index is 11.9. The van der Waals surface area contributed by atoms with E-state index in [1.54, 1.807) is 11.5 Å². The average molecular weight is 280 g/mol. The number of amides is 1. The third-order valence-electron chi connectivity index (χ3n) is 2.77. The number of benzene rings is 1. The molecule has 5 nitrogen and oxygen atoms in total. The van der Waals surface area contributed by atoms with Crippen molar-refractivity contribution in [2.75, 3.05) is 12.8 Å². The molecule has 6 heteroatoms. The first-order chi connectivity index (χ1) is 9.11. The Hall–Kier alpha value is -1.82. The molecule has 2 unspecified atom stereocenters. The molecule has 0 spiro atoms. The number of ether oxygens (including phenoxy) is 1. The van der Waals surface area contributed by atoms with Gasteiger partial charge in [0.05, 0.1) is 21.5 Å². The molecule has 0 saturated carbocycles. The van der Waals surface area contributed by atoms with E-state index >= 15 is 0 Å². The van der Waals surface area contributed by atoms with Crippen molar-refractivity contribution in [1.29, 1.82) is 0 Å². The molecule has 0 saturated heterocycles. The normalized spacial score (nSPS) is 25.0. The van der Waals surface area contributed by atoms with Gasteiger partial charge in [0.25, 0.3) is 0 Å². The van der Waals surface area contributed by atoms with Crippen molar-refractivity contribution in [2.24, 2.45) is 4.36 Å². The van der Waals surface area contributed by atoms with Crippen LogP contribution in [0.3, 0.4) is 0 Å². The van der Waals surface area contributed by atoms with Crippen LogP contribution in [0.5, 0.6) is 0 Å². The van der Waals surface area contributed by atoms with Crippen molar-refractivity contribution >= 4 is 15.8 Å². The standard InChI is InChI=1S/C13H16N2O3S/c1-14-19(17)8-7-12(10-19)15-13(16)18-9-11-5-3-2-4-6-11/h2-8,12H,9-10H2,1H3,(H,15,16). The lowest BCUT2D eigenvalue weighted by Crippen LogP contribution is -2.35. The molecule has 1 aromatic rings. The van der Waals surface area contributed by atoms with Gasteiger partial charge in [0.15, 0.2) is 0 Å². The number of hydrogen-bond acceptors (Lipinski definition) is 4. The predicted octanol–water partition coefficient (Wildman–Crippen LogP) is 1.91. The number of nitrogens with zero attached hydrogens (tertiary/aromatic N) is 1. The van der Waals surface area contributed by atoms with Gasteiger partial charge >= 0.3 is 6.09 Å². The van der Waals surface area contributed by atoms with Gasteiger partial charge in [-0.15, -0.1) is 0 Å². The first-order valence-corrected chi connectivity index (χ1v) is 7.64. The van der Waals surface area contributed by atoms with Gasteiger partial charge in [0.1, 0.15) is 6.61 Å². The molecule has 1 aliphatic rings. The fraction of sp³-hybridized carbons (Fsp3) is 0.308. The minimum absolute atomic E-state index is 0.219. The third kappa shape index (κ3) is 3.82. The van der Waals surface area contributed by atoms with Gasteiger partial charge in [-0.1, -0.05) is 36.4 Å². The Bertz CT molecular complexity index is 589. The SMILES string of the molecule is CN=S1(=O)C=CC(NC(=O)OCc2ccccc2)C1. The molecule has 2 rings (SSSR count). The molecule has 0 aliphatic carbocycles. The van der Waals surface area contributed by atoms with E-state index in [0.29, 0.717) is 5.75 Å². The van der Waals surface area contributed by atoms with Crippen molar-refractivity contribution in [2.45, 2.75) is 12.6 Å². The third-order valence-corrected chi connectivity index (χ3v) is 4.80. The summed E-state index contributed by atoms with van der Waals surface area (Å²) in [5.41, 5.74) is 0.923. The van der Waals surface area contributed by atoms with Gasteiger partial charge < -0.3 is 10.1 Å². The number of alkyl carbamates (subject to hydrolysis) is 1. The zero-order chi connectivity index (χ0) is 13.7. The molecule has 1 N–H and O–H groups in total. The van der Waals surface area contributed by atoms with Crippen LogP contribution in [-0.4, -0.2) is 29.1 Å². The van der Waals surface area contributed by atoms with Crippen LogP contribution in [0.15, 0.2) is 46.2 Å². The Labute approximate surface area is 112 Å². The zero-order valence-corrected chi connectivity index (χ0v) is 11.4. The Morgan fingerprint density at radius 1 is 1.47 bits per heavy atom. The Kier molecular flexibility index (Phi) is 4.21. The molecular weight excluding hydrogens is 264 g/mol. The molecule has 0 bridgehead atoms. The van der Waals surface area contributed by atoms with Crippen LogP contribution in [0, 0.1) is 0 Å². The van der Waals surface area contributed by atoms with E-state index in [0.717, 1.165) is 5.56 Å². The van der Waals surface area contributed by atoms with Crippen LogP contribution < -0.4 is 5.32 Å². The highest BCUT2D eigenvalue weighted by Gasteiger charge is 2.21. The highest BCUT2D eigenvalue weighted by atomic mass is 32.2. The van der Waals surface area contributed by atoms with Gasteiger partial charge in [-0.25, -0.2) is 13.4 Å². The molecule has 2 atom stereocenters. The lowest BCUT2D eigenvalue weighted by atomic mass is 10.2. The summed E-state index contributed by atoms with van der Waals surface area (Å²) < 4.78 is 20.8. The van der Waals surface area contributed by atoms with E-state index in [9.17, 15) is 9.00 Å². The van der Waals surface area contributed by atoms with E-state index < -0.39 is 15.8 Å². The van der Waals surface area contributed by atoms with E-state index in [1.165, 1.54) is 7.05 Å². The second-order valence-corrected chi connectivity index (χ2v) is 6.53. The van der Waals surface area contributed by atoms with E-state index in [1.807, 2.05) is 30.3 Å². The van der Waals surface area contributed by atoms with E-state index in [4.69, 9.17) is 4.74 Å². The Balaban J connectivity index is 1.80. The van der Waals surface area contributed by atoms with Gasteiger partial charge in [0.2, 0.25) is 0 Å². The largest absolute Gasteiger partial charge is 0.445 e. The summed E-state index contributed by atoms with van der Waals surface area (Å²) >= 11 is 0. The molecular formula is C13H16N2O3S. The second-order valence-electron chi connectivity index (χ2n) is 4.18. The van der Waals surface area contributed by atoms with Crippen molar-refractivity contribution in [3.05, 3.63) is 47.4 Å². The molecule has 0 radical (unpaired) electrons. The lowest BCUT2D eigenvalue weighted by Gasteiger charge is -2.11. The fourth-order valence-corrected chi connectivity index (χ4v) is 3.25. The van der Waals surface area contributed by atoms with Crippen LogP contribution in [0.2, 0.25) is 0 Å². The lowest BCUT2D eigenvalue weighted by molar-refractivity contribution is 0.138. The van der Waals surface area contributed by atoms with Crippen molar-refractivity contribution in [1.82, 2.24) is 5.32 Å². The van der Waals surface area contributed by atoms with Crippen molar-refractivity contribution < 1.29 is 13.7 Å². The number of hydrogen-bond donors (Lipinski definition) is 1. The van der Waals surface area contributed by atoms with E-state index in [2.05, 4.69) is 9.68 Å². The van der Waals surface area contributed by atoms with Crippen LogP contribution >= 0.6 is 0 Å². The summed E-state index contributed by atoms with van der Waals surface area (Å²) in [5, 5.41) is 4.20. The summed E-state index contributed by atoms with van der Waals surface area (Å²) in [6.45, 7) is 0.219. The minimum atomic E-state index is -2.28. The first-order valence-electron chi connectivity index (χ1n) is 5.90. The second kappa shape index (κ2) is 5.88. The van der Waals surface area contributed by atoms with Gasteiger partial charge in [0, 0.05) is 12.5 Å². The van der Waals surface area contributed by atoms with Crippen LogP contribution in [0.4, 0.5) is 4.79 Å². The maximum Gasteiger partial charge on any atom is 0.407 e. The maximum atomic E-state index is 11.9. The summed E-state index contributed by atoms with van der Waals surface area (Å²) in [7, 11) is -0.763. The molecule has 1 heterocycles. The summed E-state index contributed by atoms with van der Waals surface area (Å²) in [4.78, 5) is 11.6. The predicted molar refractivity (Wildman–Crippen MR) is 74.1 cm³/mol. The Morgan fingerprint density at radius 3 is 2.84 bits per heavy atom. The van der Waals surface area contributed by atoms with Crippen LogP contribution in [-0.2, 0) is 21.1 Å². The summed E-state index contributed by atoms with van der Waals surface area (Å²) in [6, 6.07) is 9.15. The first kappa shape index (κ1) is 13.6. The molecule has 1 aromatic carbocycles. The van der Waals surface area contributed by atoms with Crippen LogP contribution in [0.25, 0.3) is 0 Å². The van der Waals surface area contributed by atoms with Gasteiger partial charge in [-0.2, -0.15) is 0 Å². The minimum Gasteiger partial charge on any atom is -0.445 e. The summed E-state index contributed by atoms with van der Waals surface area (Å²) in [5.74, 6) is 0.309. The van der Waals surface area contributed by atoms with Gasteiger partial charge in [-0.3, -0.25) is 0 Å². The molecule has 1 aliphatic heterocycles. The molecule has 102 valence electrons. The topological polar surface area (TPSA) is 67.8 Å². The monoisotopic (exact) mass is 280 g/mol. The molecule has 1 amide bonds. The number of carbonyl (C=O) groups is 1. The van der Waals surface area contributed by atoms with Crippen molar-refractivity contribution in [3.8, 4) is 0 Å². The average Bonchev–Trinajstić information content (AvgIpc) is 2.80. The molecule has 0 fully saturated rings. The summed E-state index contributed by atoms with van der Waals surface area (Å²) in [6.07, 6.45) is 1.18. The Morgan fingerprint density at radius 2 is 2.21 bits per heavy atom. The fourth-order valence-electron chi connectivity index (χ4n) is 1.73. The number of rotatable bonds is 3. The molecule has 0 aromatic heterocycles. The van der Waals surface area contributed by atoms with E-state index in [-0.39, 0.29) is 12.6 Å². The smallest absolute Gasteiger partial charge is 0.407 e. The quantitative estimate of drug-likeness (QED) is 0.919. The number of nitrogens with one attached hydrogen (secondary N) is 1. The van der Waals surface area contributed by atoms with Gasteiger partial charge in [-0.05, 0) is 5.56 Å². The zero-order valence-electron chi connectivity index (χ0n) is 10.6. The highest BCUT2D eigenvalue weighted by Crippen LogP contribution is 2.11.